The second-order valence-electron chi connectivity index (χ2n) is 7.89. The molecule has 2 aliphatic rings. The van der Waals surface area contributed by atoms with E-state index in [-0.39, 0.29) is 23.8 Å². The van der Waals surface area contributed by atoms with Crippen LogP contribution in [-0.2, 0) is 9.47 Å². The molecular weight excluding hydrogens is 368 g/mol. The van der Waals surface area contributed by atoms with Crippen molar-refractivity contribution in [3.8, 4) is 5.75 Å². The lowest BCUT2D eigenvalue weighted by Gasteiger charge is -2.34. The Morgan fingerprint density at radius 2 is 1.89 bits per heavy atom. The normalized spacial score (nSPS) is 19.8. The number of benzene rings is 1. The fourth-order valence-electron chi connectivity index (χ4n) is 3.92. The predicted octanol–water partition coefficient (Wildman–Crippen LogP) is 3.80. The smallest absolute Gasteiger partial charge is 0.338 e. The lowest BCUT2D eigenvalue weighted by atomic mass is 9.88. The van der Waals surface area contributed by atoms with E-state index in [4.69, 9.17) is 14.2 Å². The van der Waals surface area contributed by atoms with Gasteiger partial charge < -0.3 is 14.2 Å². The largest absolute Gasteiger partial charge is 0.484 e. The molecule has 1 saturated heterocycles. The van der Waals surface area contributed by atoms with E-state index in [1.165, 1.54) is 6.07 Å². The van der Waals surface area contributed by atoms with E-state index >= 15 is 0 Å². The molecular formula is C21H29F2NO4. The van der Waals surface area contributed by atoms with Crippen molar-refractivity contribution in [2.45, 2.75) is 45.1 Å². The van der Waals surface area contributed by atoms with Gasteiger partial charge in [-0.25, -0.2) is 9.18 Å². The van der Waals surface area contributed by atoms with Crippen LogP contribution in [-0.4, -0.2) is 55.9 Å². The Hall–Kier alpha value is -1.73. The van der Waals surface area contributed by atoms with Crippen LogP contribution in [0.25, 0.3) is 0 Å². The maximum absolute atomic E-state index is 14.4. The molecule has 5 nitrogen and oxygen atoms in total. The van der Waals surface area contributed by atoms with Gasteiger partial charge in [0, 0.05) is 19.6 Å². The zero-order valence-corrected chi connectivity index (χ0v) is 16.6. The molecule has 0 radical (unpaired) electrons. The number of hydrogen-bond donors (Lipinski definition) is 0. The van der Waals surface area contributed by atoms with Crippen LogP contribution in [0.3, 0.4) is 0 Å². The standard InChI is InChI=1S/C21H29F2NO4/c1-15(2)21(5-3-4-6-21)28-18-14-16(13-17(22)19(18)23)20(25)27-12-9-24-7-10-26-11-8-24/h13-15H,3-12H2,1-2H3. The number of carbonyl (C=O) groups excluding carboxylic acids is 1. The molecule has 0 amide bonds. The summed E-state index contributed by atoms with van der Waals surface area (Å²) in [5, 5.41) is 0. The highest BCUT2D eigenvalue weighted by Crippen LogP contribution is 2.41. The Kier molecular flexibility index (Phi) is 6.88. The fourth-order valence-corrected chi connectivity index (χ4v) is 3.92. The third kappa shape index (κ3) is 4.81. The summed E-state index contributed by atoms with van der Waals surface area (Å²) in [7, 11) is 0. The number of carbonyl (C=O) groups is 1. The highest BCUT2D eigenvalue weighted by atomic mass is 19.2. The molecule has 0 atom stereocenters. The van der Waals surface area contributed by atoms with Crippen molar-refractivity contribution in [2.24, 2.45) is 5.92 Å². The SMILES string of the molecule is CC(C)C1(Oc2cc(C(=O)OCCN3CCOCC3)cc(F)c2F)CCCC1. The van der Waals surface area contributed by atoms with Crippen molar-refractivity contribution >= 4 is 5.97 Å². The lowest BCUT2D eigenvalue weighted by Crippen LogP contribution is -2.39. The summed E-state index contributed by atoms with van der Waals surface area (Å²) in [6.45, 7) is 7.70. The van der Waals surface area contributed by atoms with Crippen molar-refractivity contribution in [3.63, 3.8) is 0 Å². The summed E-state index contributed by atoms with van der Waals surface area (Å²) in [6, 6.07) is 2.13. The number of hydrogen-bond acceptors (Lipinski definition) is 5. The maximum Gasteiger partial charge on any atom is 0.338 e. The van der Waals surface area contributed by atoms with Crippen LogP contribution in [0.15, 0.2) is 12.1 Å². The van der Waals surface area contributed by atoms with Crippen LogP contribution < -0.4 is 4.74 Å². The molecule has 1 aromatic carbocycles. The van der Waals surface area contributed by atoms with E-state index in [9.17, 15) is 13.6 Å². The number of esters is 1. The molecule has 1 aliphatic heterocycles. The maximum atomic E-state index is 14.4. The summed E-state index contributed by atoms with van der Waals surface area (Å²) in [4.78, 5) is 14.5. The highest BCUT2D eigenvalue weighted by Gasteiger charge is 2.40. The van der Waals surface area contributed by atoms with Gasteiger partial charge in [0.25, 0.3) is 0 Å². The highest BCUT2D eigenvalue weighted by molar-refractivity contribution is 5.89. The monoisotopic (exact) mass is 397 g/mol. The molecule has 7 heteroatoms. The van der Waals surface area contributed by atoms with E-state index in [0.717, 1.165) is 44.8 Å². The van der Waals surface area contributed by atoms with Crippen molar-refractivity contribution < 1.29 is 27.8 Å². The van der Waals surface area contributed by atoms with Gasteiger partial charge >= 0.3 is 5.97 Å². The van der Waals surface area contributed by atoms with Gasteiger partial charge in [-0.2, -0.15) is 4.39 Å². The second kappa shape index (κ2) is 9.18. The first-order valence-corrected chi connectivity index (χ1v) is 10.1. The van der Waals surface area contributed by atoms with Gasteiger partial charge in [-0.05, 0) is 43.7 Å². The van der Waals surface area contributed by atoms with Crippen molar-refractivity contribution in [2.75, 3.05) is 39.5 Å². The Bertz CT molecular complexity index is 683. The molecule has 0 unspecified atom stereocenters. The van der Waals surface area contributed by atoms with Crippen molar-refractivity contribution in [3.05, 3.63) is 29.3 Å². The van der Waals surface area contributed by atoms with E-state index < -0.39 is 23.2 Å². The average Bonchev–Trinajstić information content (AvgIpc) is 3.16. The molecule has 156 valence electrons. The Labute approximate surface area is 164 Å². The summed E-state index contributed by atoms with van der Waals surface area (Å²) >= 11 is 0. The molecule has 2 fully saturated rings. The summed E-state index contributed by atoms with van der Waals surface area (Å²) in [5.41, 5.74) is -0.556. The van der Waals surface area contributed by atoms with Gasteiger partial charge in [0.2, 0.25) is 5.82 Å². The van der Waals surface area contributed by atoms with E-state index in [0.29, 0.717) is 19.8 Å². The zero-order valence-electron chi connectivity index (χ0n) is 16.6. The van der Waals surface area contributed by atoms with E-state index in [2.05, 4.69) is 4.90 Å². The van der Waals surface area contributed by atoms with Gasteiger partial charge in [0.1, 0.15) is 12.2 Å². The second-order valence-corrected chi connectivity index (χ2v) is 7.89. The molecule has 1 saturated carbocycles. The van der Waals surface area contributed by atoms with Crippen molar-refractivity contribution in [1.29, 1.82) is 0 Å². The van der Waals surface area contributed by atoms with Gasteiger partial charge in [-0.3, -0.25) is 4.90 Å². The molecule has 0 N–H and O–H groups in total. The first kappa shape index (κ1) is 21.0. The number of ether oxygens (including phenoxy) is 3. The van der Waals surface area contributed by atoms with E-state index in [1.807, 2.05) is 13.8 Å². The van der Waals surface area contributed by atoms with Crippen LogP contribution in [0.1, 0.15) is 49.9 Å². The van der Waals surface area contributed by atoms with Gasteiger partial charge in [-0.1, -0.05) is 13.8 Å². The Balaban J connectivity index is 1.67. The summed E-state index contributed by atoms with van der Waals surface area (Å²) < 4.78 is 45.0. The number of halogens is 2. The molecule has 1 aromatic rings. The molecule has 3 rings (SSSR count). The molecule has 0 spiro atoms. The Morgan fingerprint density at radius 1 is 1.21 bits per heavy atom. The molecule has 28 heavy (non-hydrogen) atoms. The third-order valence-corrected chi connectivity index (χ3v) is 5.79. The summed E-state index contributed by atoms with van der Waals surface area (Å²) in [6.07, 6.45) is 3.57. The predicted molar refractivity (Wildman–Crippen MR) is 101 cm³/mol. The number of nitrogens with zero attached hydrogens (tertiary/aromatic N) is 1. The Morgan fingerprint density at radius 3 is 2.54 bits per heavy atom. The van der Waals surface area contributed by atoms with Gasteiger partial charge in [0.05, 0.1) is 18.8 Å². The molecule has 1 aliphatic carbocycles. The summed E-state index contributed by atoms with van der Waals surface area (Å²) in [5.74, 6) is -2.90. The van der Waals surface area contributed by atoms with E-state index in [1.54, 1.807) is 0 Å². The van der Waals surface area contributed by atoms with Gasteiger partial charge in [-0.15, -0.1) is 0 Å². The average molecular weight is 397 g/mol. The van der Waals surface area contributed by atoms with Crippen LogP contribution >= 0.6 is 0 Å². The minimum absolute atomic E-state index is 0.0345. The fraction of sp³-hybridized carbons (Fsp3) is 0.667. The first-order chi connectivity index (χ1) is 13.4. The van der Waals surface area contributed by atoms with Crippen LogP contribution in [0.2, 0.25) is 0 Å². The van der Waals surface area contributed by atoms with Gasteiger partial charge in [0.15, 0.2) is 11.6 Å². The first-order valence-electron chi connectivity index (χ1n) is 10.1. The van der Waals surface area contributed by atoms with Crippen LogP contribution in [0.4, 0.5) is 8.78 Å². The lowest BCUT2D eigenvalue weighted by molar-refractivity contribution is 0.0187. The number of morpholine rings is 1. The molecule has 1 heterocycles. The van der Waals surface area contributed by atoms with Crippen LogP contribution in [0.5, 0.6) is 5.75 Å². The molecule has 0 aromatic heterocycles. The minimum Gasteiger partial charge on any atom is -0.484 e. The zero-order chi connectivity index (χ0) is 20.1. The van der Waals surface area contributed by atoms with Crippen LogP contribution in [0, 0.1) is 17.6 Å². The number of rotatable bonds is 7. The minimum atomic E-state index is -1.10. The third-order valence-electron chi connectivity index (χ3n) is 5.79. The topological polar surface area (TPSA) is 48.0 Å². The van der Waals surface area contributed by atoms with Crippen molar-refractivity contribution in [1.82, 2.24) is 4.90 Å². The quantitative estimate of drug-likeness (QED) is 0.655. The molecule has 0 bridgehead atoms.